The number of carbonyl (C=O) groups excluding carboxylic acids is 1. The van der Waals surface area contributed by atoms with Gasteiger partial charge in [0.25, 0.3) is 5.91 Å². The molecule has 4 atom stereocenters. The van der Waals surface area contributed by atoms with E-state index in [-0.39, 0.29) is 28.4 Å². The first-order valence-electron chi connectivity index (χ1n) is 12.1. The highest BCUT2D eigenvalue weighted by Crippen LogP contribution is 2.53. The van der Waals surface area contributed by atoms with Crippen LogP contribution in [0.3, 0.4) is 0 Å². The van der Waals surface area contributed by atoms with E-state index in [4.69, 9.17) is 9.47 Å². The summed E-state index contributed by atoms with van der Waals surface area (Å²) in [6.07, 6.45) is 9.29. The Hall–Kier alpha value is -2.50. The van der Waals surface area contributed by atoms with Crippen molar-refractivity contribution < 1.29 is 23.8 Å². The number of aliphatic hydroxyl groups is 1. The standard InChI is InChI=1S/C27H36FNO4/c1-16-7-19-8-17(2)12-27(11-16,13-19)15-33-25-10-23(28)22(9-21(25)20-5-6-20)26(31)29-24(14-32-4)18(3)30/h9-10,14,16-17,19-20,30H,3,5-8,11-13,15H2,1-2,4H3,(H,29,31)/b24-14+/t16-,17+,19?,27-. The summed E-state index contributed by atoms with van der Waals surface area (Å²) in [4.78, 5) is 12.7. The lowest BCUT2D eigenvalue weighted by molar-refractivity contribution is -0.0167. The van der Waals surface area contributed by atoms with E-state index in [1.54, 1.807) is 6.07 Å². The van der Waals surface area contributed by atoms with Crippen LogP contribution in [0.2, 0.25) is 0 Å². The zero-order valence-electron chi connectivity index (χ0n) is 20.0. The maximum atomic E-state index is 15.1. The third-order valence-corrected chi connectivity index (χ3v) is 7.45. The van der Waals surface area contributed by atoms with Crippen LogP contribution in [0.25, 0.3) is 0 Å². The summed E-state index contributed by atoms with van der Waals surface area (Å²) in [7, 11) is 1.38. The quantitative estimate of drug-likeness (QED) is 0.359. The summed E-state index contributed by atoms with van der Waals surface area (Å²) in [6, 6.07) is 2.97. The predicted octanol–water partition coefficient (Wildman–Crippen LogP) is 6.22. The van der Waals surface area contributed by atoms with E-state index in [0.29, 0.717) is 24.2 Å². The lowest BCUT2D eigenvalue weighted by atomic mass is 9.57. The van der Waals surface area contributed by atoms with Crippen molar-refractivity contribution >= 4 is 5.91 Å². The van der Waals surface area contributed by atoms with Gasteiger partial charge in [-0.3, -0.25) is 4.79 Å². The van der Waals surface area contributed by atoms with Gasteiger partial charge >= 0.3 is 0 Å². The fourth-order valence-electron chi connectivity index (χ4n) is 6.38. The number of fused-ring (bicyclic) bond motifs is 2. The largest absolute Gasteiger partial charge is 0.506 e. The zero-order valence-corrected chi connectivity index (χ0v) is 20.0. The first kappa shape index (κ1) is 23.7. The second-order valence-electron chi connectivity index (χ2n) is 10.8. The Bertz CT molecular complexity index is 932. The van der Waals surface area contributed by atoms with E-state index in [0.717, 1.165) is 43.4 Å². The average molecular weight is 458 g/mol. The summed E-state index contributed by atoms with van der Waals surface area (Å²) in [5, 5.41) is 12.1. The summed E-state index contributed by atoms with van der Waals surface area (Å²) < 4.78 is 26.3. The van der Waals surface area contributed by atoms with Crippen molar-refractivity contribution in [3.05, 3.63) is 53.4 Å². The number of halogens is 1. The fraction of sp³-hybridized carbons (Fsp3) is 0.593. The van der Waals surface area contributed by atoms with Crippen LogP contribution in [0.5, 0.6) is 5.75 Å². The maximum absolute atomic E-state index is 15.1. The molecule has 0 radical (unpaired) electrons. The molecule has 0 heterocycles. The van der Waals surface area contributed by atoms with Crippen molar-refractivity contribution in [3.63, 3.8) is 0 Å². The molecule has 3 aliphatic carbocycles. The van der Waals surface area contributed by atoms with Gasteiger partial charge < -0.3 is 19.9 Å². The van der Waals surface area contributed by atoms with E-state index in [2.05, 4.69) is 25.7 Å². The van der Waals surface area contributed by atoms with Gasteiger partial charge in [-0.25, -0.2) is 4.39 Å². The van der Waals surface area contributed by atoms with Gasteiger partial charge in [-0.1, -0.05) is 20.4 Å². The van der Waals surface area contributed by atoms with Gasteiger partial charge in [0, 0.05) is 11.5 Å². The molecule has 3 saturated carbocycles. The molecule has 2 N–H and O–H groups in total. The Kier molecular flexibility index (Phi) is 6.73. The molecule has 0 aliphatic heterocycles. The Morgan fingerprint density at radius 2 is 1.91 bits per heavy atom. The number of methoxy groups -OCH3 is 1. The highest BCUT2D eigenvalue weighted by Gasteiger charge is 2.45. The number of hydrogen-bond acceptors (Lipinski definition) is 4. The second-order valence-corrected chi connectivity index (χ2v) is 10.8. The van der Waals surface area contributed by atoms with Crippen LogP contribution in [0.4, 0.5) is 4.39 Å². The summed E-state index contributed by atoms with van der Waals surface area (Å²) in [5.41, 5.74) is 0.960. The molecular formula is C27H36FNO4. The molecule has 4 rings (SSSR count). The average Bonchev–Trinajstić information content (AvgIpc) is 3.56. The van der Waals surface area contributed by atoms with Crippen LogP contribution in [0.1, 0.15) is 80.6 Å². The van der Waals surface area contributed by atoms with Gasteiger partial charge in [0.2, 0.25) is 0 Å². The van der Waals surface area contributed by atoms with Crippen LogP contribution in [0, 0.1) is 29.0 Å². The minimum atomic E-state index is -0.664. The van der Waals surface area contributed by atoms with E-state index in [1.165, 1.54) is 32.4 Å². The van der Waals surface area contributed by atoms with Crippen molar-refractivity contribution in [2.45, 2.75) is 64.7 Å². The number of hydrogen-bond donors (Lipinski definition) is 2. The number of rotatable bonds is 8. The van der Waals surface area contributed by atoms with Crippen LogP contribution < -0.4 is 10.1 Å². The third kappa shape index (κ3) is 5.36. The number of amides is 1. The molecule has 6 heteroatoms. The molecule has 1 amide bonds. The Labute approximate surface area is 196 Å². The first-order valence-corrected chi connectivity index (χ1v) is 12.1. The van der Waals surface area contributed by atoms with Crippen molar-refractivity contribution in [1.82, 2.24) is 5.32 Å². The zero-order chi connectivity index (χ0) is 23.8. The number of aliphatic hydroxyl groups excluding tert-OH is 1. The van der Waals surface area contributed by atoms with E-state index < -0.39 is 11.7 Å². The van der Waals surface area contributed by atoms with Crippen LogP contribution in [-0.2, 0) is 4.74 Å². The Morgan fingerprint density at radius 3 is 2.48 bits per heavy atom. The molecule has 180 valence electrons. The minimum absolute atomic E-state index is 0.0123. The van der Waals surface area contributed by atoms with Gasteiger partial charge in [-0.05, 0) is 80.2 Å². The number of carbonyl (C=O) groups is 1. The summed E-state index contributed by atoms with van der Waals surface area (Å²) in [5.74, 6) is 1.33. The summed E-state index contributed by atoms with van der Waals surface area (Å²) >= 11 is 0. The fourth-order valence-corrected chi connectivity index (χ4v) is 6.38. The second kappa shape index (κ2) is 9.40. The molecule has 5 nitrogen and oxygen atoms in total. The van der Waals surface area contributed by atoms with Crippen molar-refractivity contribution in [1.29, 1.82) is 0 Å². The number of ether oxygens (including phenoxy) is 2. The molecule has 33 heavy (non-hydrogen) atoms. The van der Waals surface area contributed by atoms with Crippen molar-refractivity contribution in [2.75, 3.05) is 13.7 Å². The van der Waals surface area contributed by atoms with Crippen LogP contribution in [0.15, 0.2) is 36.4 Å². The van der Waals surface area contributed by atoms with Gasteiger partial charge in [0.1, 0.15) is 29.3 Å². The minimum Gasteiger partial charge on any atom is -0.506 e. The Balaban J connectivity index is 1.55. The molecule has 0 aromatic heterocycles. The molecule has 0 spiro atoms. The lowest BCUT2D eigenvalue weighted by Gasteiger charge is -2.49. The van der Waals surface area contributed by atoms with E-state index in [1.807, 2.05) is 0 Å². The van der Waals surface area contributed by atoms with Crippen molar-refractivity contribution in [3.8, 4) is 5.75 Å². The highest BCUT2D eigenvalue weighted by molar-refractivity contribution is 5.96. The van der Waals surface area contributed by atoms with Crippen molar-refractivity contribution in [2.24, 2.45) is 23.2 Å². The van der Waals surface area contributed by atoms with Gasteiger partial charge in [0.05, 0.1) is 19.3 Å². The molecule has 2 bridgehead atoms. The van der Waals surface area contributed by atoms with E-state index >= 15 is 4.39 Å². The SMILES string of the molecule is C=C(O)/C(=C\OC)NC(=O)c1cc(C2CC2)c(OC[C@]23CC(C[C@@H](C)C2)C[C@H](C)C3)cc1F. The molecular weight excluding hydrogens is 421 g/mol. The highest BCUT2D eigenvalue weighted by atomic mass is 19.1. The lowest BCUT2D eigenvalue weighted by Crippen LogP contribution is -2.43. The third-order valence-electron chi connectivity index (χ3n) is 7.45. The van der Waals surface area contributed by atoms with Gasteiger partial charge in [-0.15, -0.1) is 0 Å². The number of nitrogens with one attached hydrogen (secondary N) is 1. The van der Waals surface area contributed by atoms with Crippen LogP contribution in [-0.4, -0.2) is 24.7 Å². The monoisotopic (exact) mass is 457 g/mol. The van der Waals surface area contributed by atoms with E-state index in [9.17, 15) is 9.90 Å². The molecule has 1 unspecified atom stereocenters. The molecule has 3 fully saturated rings. The molecule has 1 aromatic carbocycles. The maximum Gasteiger partial charge on any atom is 0.258 e. The predicted molar refractivity (Wildman–Crippen MR) is 126 cm³/mol. The molecule has 0 saturated heterocycles. The molecule has 1 aromatic rings. The Morgan fingerprint density at radius 1 is 1.24 bits per heavy atom. The smallest absolute Gasteiger partial charge is 0.258 e. The van der Waals surface area contributed by atoms with Crippen LogP contribution >= 0.6 is 0 Å². The first-order chi connectivity index (χ1) is 15.7. The topological polar surface area (TPSA) is 67.8 Å². The van der Waals surface area contributed by atoms with Gasteiger partial charge in [0.15, 0.2) is 0 Å². The molecule has 3 aliphatic rings. The normalized spacial score (nSPS) is 29.3. The van der Waals surface area contributed by atoms with Gasteiger partial charge in [-0.2, -0.15) is 0 Å². The summed E-state index contributed by atoms with van der Waals surface area (Å²) in [6.45, 7) is 8.68. The number of benzene rings is 1.